The third-order valence-corrected chi connectivity index (χ3v) is 3.56. The maximum Gasteiger partial charge on any atom is 0.0945 e. The number of nitrogens with one attached hydrogen (secondary N) is 1. The second-order valence-corrected chi connectivity index (χ2v) is 5.09. The zero-order chi connectivity index (χ0) is 12.3. The predicted octanol–water partition coefficient (Wildman–Crippen LogP) is 3.00. The fourth-order valence-corrected chi connectivity index (χ4v) is 2.42. The third kappa shape index (κ3) is 3.20. The molecule has 0 aliphatic heterocycles. The number of thiazole rings is 1. The van der Waals surface area contributed by atoms with E-state index >= 15 is 0 Å². The van der Waals surface area contributed by atoms with Crippen LogP contribution in [-0.2, 0) is 6.42 Å². The van der Waals surface area contributed by atoms with Gasteiger partial charge in [0.1, 0.15) is 0 Å². The van der Waals surface area contributed by atoms with Gasteiger partial charge in [0, 0.05) is 24.0 Å². The molecule has 90 valence electrons. The Morgan fingerprint density at radius 1 is 1.35 bits per heavy atom. The molecule has 0 saturated carbocycles. The summed E-state index contributed by atoms with van der Waals surface area (Å²) in [5.41, 5.74) is 10.0. The van der Waals surface area contributed by atoms with Gasteiger partial charge in [0.05, 0.1) is 16.4 Å². The van der Waals surface area contributed by atoms with E-state index in [0.29, 0.717) is 0 Å². The molecular formula is C13H17N3S. The van der Waals surface area contributed by atoms with Gasteiger partial charge in [-0.2, -0.15) is 0 Å². The number of aryl methyl sites for hydroxylation is 2. The molecule has 17 heavy (non-hydrogen) atoms. The number of benzene rings is 1. The highest BCUT2D eigenvalue weighted by Crippen LogP contribution is 2.19. The van der Waals surface area contributed by atoms with Gasteiger partial charge in [0.2, 0.25) is 0 Å². The quantitative estimate of drug-likeness (QED) is 0.817. The molecule has 0 radical (unpaired) electrons. The zero-order valence-corrected chi connectivity index (χ0v) is 11.0. The second kappa shape index (κ2) is 5.19. The van der Waals surface area contributed by atoms with Crippen LogP contribution in [0.5, 0.6) is 0 Å². The molecule has 1 heterocycles. The Hall–Kier alpha value is -1.55. The minimum absolute atomic E-state index is 0.797. The number of aromatic nitrogens is 1. The Morgan fingerprint density at radius 3 is 2.88 bits per heavy atom. The summed E-state index contributed by atoms with van der Waals surface area (Å²) in [5.74, 6) is 0. The Kier molecular flexibility index (Phi) is 3.64. The van der Waals surface area contributed by atoms with Crippen LogP contribution in [-0.4, -0.2) is 11.5 Å². The van der Waals surface area contributed by atoms with E-state index in [1.807, 2.05) is 19.1 Å². The number of hydrogen-bond donors (Lipinski definition) is 2. The van der Waals surface area contributed by atoms with Crippen LogP contribution in [0.3, 0.4) is 0 Å². The van der Waals surface area contributed by atoms with Gasteiger partial charge in [-0.25, -0.2) is 4.98 Å². The van der Waals surface area contributed by atoms with Crippen LogP contribution in [0.2, 0.25) is 0 Å². The molecular weight excluding hydrogens is 230 g/mol. The van der Waals surface area contributed by atoms with Crippen molar-refractivity contribution >= 4 is 22.7 Å². The molecule has 0 aliphatic carbocycles. The fourth-order valence-electron chi connectivity index (χ4n) is 1.64. The maximum atomic E-state index is 5.90. The predicted molar refractivity (Wildman–Crippen MR) is 74.6 cm³/mol. The topological polar surface area (TPSA) is 50.9 Å². The molecule has 0 saturated heterocycles. The van der Waals surface area contributed by atoms with Crippen molar-refractivity contribution < 1.29 is 0 Å². The standard InChI is InChI=1S/C13H17N3S/c1-9-3-4-11(14)12(7-9)15-6-5-13-16-10(2)8-17-13/h3-4,7-8,15H,5-6,14H2,1-2H3. The molecule has 2 rings (SSSR count). The number of anilines is 2. The van der Waals surface area contributed by atoms with E-state index in [-0.39, 0.29) is 0 Å². The van der Waals surface area contributed by atoms with Crippen molar-refractivity contribution in [2.24, 2.45) is 0 Å². The highest BCUT2D eigenvalue weighted by atomic mass is 32.1. The minimum Gasteiger partial charge on any atom is -0.397 e. The molecule has 3 N–H and O–H groups in total. The van der Waals surface area contributed by atoms with Crippen LogP contribution in [0.1, 0.15) is 16.3 Å². The summed E-state index contributed by atoms with van der Waals surface area (Å²) >= 11 is 1.71. The fraction of sp³-hybridized carbons (Fsp3) is 0.308. The van der Waals surface area contributed by atoms with E-state index in [0.717, 1.165) is 30.0 Å². The van der Waals surface area contributed by atoms with Gasteiger partial charge >= 0.3 is 0 Å². The first kappa shape index (κ1) is 11.9. The van der Waals surface area contributed by atoms with Crippen molar-refractivity contribution in [3.05, 3.63) is 39.8 Å². The van der Waals surface area contributed by atoms with E-state index in [1.165, 1.54) is 10.6 Å². The van der Waals surface area contributed by atoms with E-state index in [2.05, 4.69) is 28.7 Å². The number of rotatable bonds is 4. The second-order valence-electron chi connectivity index (χ2n) is 4.15. The van der Waals surface area contributed by atoms with Crippen molar-refractivity contribution in [1.29, 1.82) is 0 Å². The van der Waals surface area contributed by atoms with E-state index in [1.54, 1.807) is 11.3 Å². The average molecular weight is 247 g/mol. The summed E-state index contributed by atoms with van der Waals surface area (Å²) in [5, 5.41) is 6.60. The Bertz CT molecular complexity index is 505. The summed E-state index contributed by atoms with van der Waals surface area (Å²) in [7, 11) is 0. The van der Waals surface area contributed by atoms with Gasteiger partial charge in [-0.05, 0) is 31.5 Å². The number of nitrogens with two attached hydrogens (primary N) is 1. The van der Waals surface area contributed by atoms with Crippen LogP contribution in [0.4, 0.5) is 11.4 Å². The van der Waals surface area contributed by atoms with Crippen molar-refractivity contribution in [1.82, 2.24) is 4.98 Å². The van der Waals surface area contributed by atoms with E-state index in [9.17, 15) is 0 Å². The highest BCUT2D eigenvalue weighted by molar-refractivity contribution is 7.09. The summed E-state index contributed by atoms with van der Waals surface area (Å²) in [6.07, 6.45) is 0.936. The van der Waals surface area contributed by atoms with Crippen molar-refractivity contribution in [3.8, 4) is 0 Å². The lowest BCUT2D eigenvalue weighted by Crippen LogP contribution is -2.07. The first-order valence-electron chi connectivity index (χ1n) is 5.66. The van der Waals surface area contributed by atoms with Crippen molar-refractivity contribution in [3.63, 3.8) is 0 Å². The zero-order valence-electron chi connectivity index (χ0n) is 10.2. The molecule has 0 spiro atoms. The molecule has 4 heteroatoms. The van der Waals surface area contributed by atoms with E-state index < -0.39 is 0 Å². The first-order chi connectivity index (χ1) is 8.15. The molecule has 0 aliphatic rings. The number of nitrogens with zero attached hydrogens (tertiary/aromatic N) is 1. The lowest BCUT2D eigenvalue weighted by atomic mass is 10.2. The normalized spacial score (nSPS) is 10.5. The summed E-state index contributed by atoms with van der Waals surface area (Å²) in [4.78, 5) is 4.43. The van der Waals surface area contributed by atoms with Crippen LogP contribution < -0.4 is 11.1 Å². The summed E-state index contributed by atoms with van der Waals surface area (Å²) in [6.45, 7) is 4.95. The van der Waals surface area contributed by atoms with Crippen LogP contribution in [0, 0.1) is 13.8 Å². The van der Waals surface area contributed by atoms with E-state index in [4.69, 9.17) is 5.73 Å². The van der Waals surface area contributed by atoms with Crippen LogP contribution >= 0.6 is 11.3 Å². The van der Waals surface area contributed by atoms with Crippen molar-refractivity contribution in [2.45, 2.75) is 20.3 Å². The average Bonchev–Trinajstić information content (AvgIpc) is 2.69. The molecule has 3 nitrogen and oxygen atoms in total. The molecule has 0 fully saturated rings. The maximum absolute atomic E-state index is 5.90. The minimum atomic E-state index is 0.797. The number of hydrogen-bond acceptors (Lipinski definition) is 4. The Balaban J connectivity index is 1.91. The van der Waals surface area contributed by atoms with Gasteiger partial charge in [-0.15, -0.1) is 11.3 Å². The molecule has 1 aromatic carbocycles. The third-order valence-electron chi connectivity index (χ3n) is 2.53. The Labute approximate surface area is 106 Å². The lowest BCUT2D eigenvalue weighted by molar-refractivity contribution is 0.987. The lowest BCUT2D eigenvalue weighted by Gasteiger charge is -2.09. The molecule has 0 unspecified atom stereocenters. The summed E-state index contributed by atoms with van der Waals surface area (Å²) in [6, 6.07) is 6.03. The van der Waals surface area contributed by atoms with Gasteiger partial charge in [-0.1, -0.05) is 6.07 Å². The van der Waals surface area contributed by atoms with Crippen LogP contribution in [0.25, 0.3) is 0 Å². The van der Waals surface area contributed by atoms with Gasteiger partial charge in [0.15, 0.2) is 0 Å². The van der Waals surface area contributed by atoms with Crippen LogP contribution in [0.15, 0.2) is 23.6 Å². The van der Waals surface area contributed by atoms with Gasteiger partial charge in [0.25, 0.3) is 0 Å². The molecule has 0 bridgehead atoms. The van der Waals surface area contributed by atoms with Gasteiger partial charge in [-0.3, -0.25) is 0 Å². The SMILES string of the molecule is Cc1ccc(N)c(NCCc2nc(C)cs2)c1. The molecule has 1 aromatic heterocycles. The highest BCUT2D eigenvalue weighted by Gasteiger charge is 2.01. The largest absolute Gasteiger partial charge is 0.397 e. The monoisotopic (exact) mass is 247 g/mol. The first-order valence-corrected chi connectivity index (χ1v) is 6.54. The molecule has 2 aromatic rings. The molecule has 0 atom stereocenters. The molecule has 0 amide bonds. The smallest absolute Gasteiger partial charge is 0.0945 e. The van der Waals surface area contributed by atoms with Crippen molar-refractivity contribution in [2.75, 3.05) is 17.6 Å². The summed E-state index contributed by atoms with van der Waals surface area (Å²) < 4.78 is 0. The van der Waals surface area contributed by atoms with Gasteiger partial charge < -0.3 is 11.1 Å². The number of nitrogen functional groups attached to an aromatic ring is 1. The Morgan fingerprint density at radius 2 is 2.18 bits per heavy atom.